The van der Waals surface area contributed by atoms with Gasteiger partial charge in [0.25, 0.3) is 0 Å². The number of nitrogens with one attached hydrogen (secondary N) is 1. The van der Waals surface area contributed by atoms with E-state index in [1.54, 1.807) is 24.1 Å². The summed E-state index contributed by atoms with van der Waals surface area (Å²) in [4.78, 5) is 16.5. The number of methoxy groups -OCH3 is 1. The fourth-order valence-electron chi connectivity index (χ4n) is 2.90. The third-order valence-corrected chi connectivity index (χ3v) is 4.33. The minimum Gasteiger partial charge on any atom is -0.495 e. The Morgan fingerprint density at radius 1 is 1.08 bits per heavy atom. The number of carbonyl (C=O) groups excluding carboxylic acids is 1. The molecule has 2 amide bonds. The first-order chi connectivity index (χ1) is 12.2. The first-order valence-electron chi connectivity index (χ1n) is 8.31. The Hall–Kier alpha value is -2.60. The average Bonchev–Trinajstić information content (AvgIpc) is 2.64. The largest absolute Gasteiger partial charge is 0.495 e. The molecule has 2 aromatic rings. The summed E-state index contributed by atoms with van der Waals surface area (Å²) >= 11 is 0. The van der Waals surface area contributed by atoms with E-state index in [0.29, 0.717) is 24.5 Å². The van der Waals surface area contributed by atoms with Gasteiger partial charge in [-0.15, -0.1) is 0 Å². The third-order valence-electron chi connectivity index (χ3n) is 4.33. The van der Waals surface area contributed by atoms with Crippen LogP contribution in [0, 0.1) is 5.82 Å². The van der Waals surface area contributed by atoms with Gasteiger partial charge in [-0.1, -0.05) is 24.3 Å². The standard InChI is InChI=1S/C19H22FN3O2/c1-25-18-5-3-2-4-17(18)21-19(24)23-12-10-22(11-13-23)14-15-6-8-16(20)9-7-15/h2-9H,10-14H2,1H3,(H,21,24). The minimum absolute atomic E-state index is 0.120. The lowest BCUT2D eigenvalue weighted by Crippen LogP contribution is -2.49. The van der Waals surface area contributed by atoms with Crippen molar-refractivity contribution in [3.05, 3.63) is 59.9 Å². The molecule has 1 N–H and O–H groups in total. The van der Waals surface area contributed by atoms with Crippen molar-refractivity contribution in [3.63, 3.8) is 0 Å². The molecule has 6 heteroatoms. The van der Waals surface area contributed by atoms with Crippen molar-refractivity contribution in [2.24, 2.45) is 0 Å². The Kier molecular flexibility index (Phi) is 5.50. The third kappa shape index (κ3) is 4.48. The molecular formula is C19H22FN3O2. The molecule has 0 spiro atoms. The lowest BCUT2D eigenvalue weighted by atomic mass is 10.2. The summed E-state index contributed by atoms with van der Waals surface area (Å²) < 4.78 is 18.2. The maximum absolute atomic E-state index is 13.0. The molecule has 1 aliphatic rings. The Morgan fingerprint density at radius 3 is 2.44 bits per heavy atom. The van der Waals surface area contributed by atoms with Crippen LogP contribution in [-0.2, 0) is 6.54 Å². The first kappa shape index (κ1) is 17.2. The quantitative estimate of drug-likeness (QED) is 0.927. The Bertz CT molecular complexity index is 713. The Labute approximate surface area is 147 Å². The monoisotopic (exact) mass is 343 g/mol. The van der Waals surface area contributed by atoms with Crippen LogP contribution in [0.3, 0.4) is 0 Å². The molecule has 1 aliphatic heterocycles. The van der Waals surface area contributed by atoms with Gasteiger partial charge in [0, 0.05) is 32.7 Å². The van der Waals surface area contributed by atoms with E-state index in [2.05, 4.69) is 10.2 Å². The van der Waals surface area contributed by atoms with Crippen LogP contribution < -0.4 is 10.1 Å². The van der Waals surface area contributed by atoms with Crippen LogP contribution in [0.2, 0.25) is 0 Å². The molecule has 25 heavy (non-hydrogen) atoms. The summed E-state index contributed by atoms with van der Waals surface area (Å²) in [6, 6.07) is 13.8. The number of urea groups is 1. The number of nitrogens with zero attached hydrogens (tertiary/aromatic N) is 2. The van der Waals surface area contributed by atoms with Gasteiger partial charge in [-0.05, 0) is 29.8 Å². The second-order valence-corrected chi connectivity index (χ2v) is 6.02. The predicted octanol–water partition coefficient (Wildman–Crippen LogP) is 3.18. The number of anilines is 1. The molecule has 0 aromatic heterocycles. The molecule has 2 aromatic carbocycles. The van der Waals surface area contributed by atoms with Gasteiger partial charge in [-0.2, -0.15) is 0 Å². The van der Waals surface area contributed by atoms with Crippen LogP contribution in [0.5, 0.6) is 5.75 Å². The molecule has 0 atom stereocenters. The molecule has 1 saturated heterocycles. The predicted molar refractivity (Wildman–Crippen MR) is 95.3 cm³/mol. The number of hydrogen-bond acceptors (Lipinski definition) is 3. The van der Waals surface area contributed by atoms with Crippen molar-refractivity contribution < 1.29 is 13.9 Å². The summed E-state index contributed by atoms with van der Waals surface area (Å²) in [6.45, 7) is 3.65. The van der Waals surface area contributed by atoms with Gasteiger partial charge in [0.15, 0.2) is 0 Å². The highest BCUT2D eigenvalue weighted by Crippen LogP contribution is 2.23. The van der Waals surface area contributed by atoms with E-state index in [4.69, 9.17) is 4.74 Å². The van der Waals surface area contributed by atoms with Crippen molar-refractivity contribution in [3.8, 4) is 5.75 Å². The zero-order valence-corrected chi connectivity index (χ0v) is 14.2. The highest BCUT2D eigenvalue weighted by molar-refractivity contribution is 5.91. The van der Waals surface area contributed by atoms with Gasteiger partial charge >= 0.3 is 6.03 Å². The van der Waals surface area contributed by atoms with E-state index in [9.17, 15) is 9.18 Å². The molecule has 0 radical (unpaired) electrons. The van der Waals surface area contributed by atoms with Crippen molar-refractivity contribution in [2.75, 3.05) is 38.6 Å². The molecular weight excluding hydrogens is 321 g/mol. The van der Waals surface area contributed by atoms with Gasteiger partial charge in [-0.25, -0.2) is 9.18 Å². The van der Waals surface area contributed by atoms with E-state index in [1.165, 1.54) is 12.1 Å². The number of hydrogen-bond donors (Lipinski definition) is 1. The maximum atomic E-state index is 13.0. The number of benzene rings is 2. The van der Waals surface area contributed by atoms with Gasteiger partial charge in [0.1, 0.15) is 11.6 Å². The lowest BCUT2D eigenvalue weighted by molar-refractivity contribution is 0.143. The molecule has 5 nitrogen and oxygen atoms in total. The Morgan fingerprint density at radius 2 is 1.76 bits per heavy atom. The molecule has 132 valence electrons. The number of piperazine rings is 1. The summed E-state index contributed by atoms with van der Waals surface area (Å²) in [5.41, 5.74) is 1.75. The fourth-order valence-corrected chi connectivity index (χ4v) is 2.90. The number of rotatable bonds is 4. The van der Waals surface area contributed by atoms with E-state index in [-0.39, 0.29) is 11.8 Å². The Balaban J connectivity index is 1.51. The van der Waals surface area contributed by atoms with Crippen LogP contribution in [-0.4, -0.2) is 49.1 Å². The molecule has 0 aliphatic carbocycles. The zero-order valence-electron chi connectivity index (χ0n) is 14.2. The van der Waals surface area contributed by atoms with Crippen LogP contribution in [0.15, 0.2) is 48.5 Å². The van der Waals surface area contributed by atoms with Gasteiger partial charge < -0.3 is 15.0 Å². The summed E-state index contributed by atoms with van der Waals surface area (Å²) in [5.74, 6) is 0.423. The van der Waals surface area contributed by atoms with Gasteiger partial charge in [0.2, 0.25) is 0 Å². The number of amides is 2. The van der Waals surface area contributed by atoms with Crippen molar-refractivity contribution in [2.45, 2.75) is 6.54 Å². The van der Waals surface area contributed by atoms with Crippen LogP contribution in [0.25, 0.3) is 0 Å². The fraction of sp³-hybridized carbons (Fsp3) is 0.316. The smallest absolute Gasteiger partial charge is 0.322 e. The van der Waals surface area contributed by atoms with Crippen molar-refractivity contribution >= 4 is 11.7 Å². The van der Waals surface area contributed by atoms with Gasteiger partial charge in [-0.3, -0.25) is 4.90 Å². The number of halogens is 1. The molecule has 1 heterocycles. The molecule has 3 rings (SSSR count). The van der Waals surface area contributed by atoms with Crippen LogP contribution in [0.1, 0.15) is 5.56 Å². The normalized spacial score (nSPS) is 15.0. The highest BCUT2D eigenvalue weighted by Gasteiger charge is 2.21. The number of carbonyl (C=O) groups is 1. The summed E-state index contributed by atoms with van der Waals surface area (Å²) in [7, 11) is 1.58. The number of para-hydroxylation sites is 2. The van der Waals surface area contributed by atoms with E-state index in [0.717, 1.165) is 25.2 Å². The molecule has 0 saturated carbocycles. The van der Waals surface area contributed by atoms with E-state index >= 15 is 0 Å². The second-order valence-electron chi connectivity index (χ2n) is 6.02. The SMILES string of the molecule is COc1ccccc1NC(=O)N1CCN(Cc2ccc(F)cc2)CC1. The topological polar surface area (TPSA) is 44.8 Å². The highest BCUT2D eigenvalue weighted by atomic mass is 19.1. The summed E-state index contributed by atoms with van der Waals surface area (Å²) in [5, 5.41) is 2.90. The van der Waals surface area contributed by atoms with E-state index in [1.807, 2.05) is 24.3 Å². The molecule has 1 fully saturated rings. The van der Waals surface area contributed by atoms with Crippen molar-refractivity contribution in [1.29, 1.82) is 0 Å². The maximum Gasteiger partial charge on any atom is 0.322 e. The second kappa shape index (κ2) is 7.98. The summed E-state index contributed by atoms with van der Waals surface area (Å²) in [6.07, 6.45) is 0. The average molecular weight is 343 g/mol. The van der Waals surface area contributed by atoms with Gasteiger partial charge in [0.05, 0.1) is 12.8 Å². The number of ether oxygens (including phenoxy) is 1. The zero-order chi connectivity index (χ0) is 17.6. The van der Waals surface area contributed by atoms with Crippen LogP contribution in [0.4, 0.5) is 14.9 Å². The van der Waals surface area contributed by atoms with Crippen molar-refractivity contribution in [1.82, 2.24) is 9.80 Å². The lowest BCUT2D eigenvalue weighted by Gasteiger charge is -2.34. The molecule has 0 unspecified atom stereocenters. The minimum atomic E-state index is -0.221. The van der Waals surface area contributed by atoms with E-state index < -0.39 is 0 Å². The first-order valence-corrected chi connectivity index (χ1v) is 8.31. The molecule has 0 bridgehead atoms. The van der Waals surface area contributed by atoms with Crippen LogP contribution >= 0.6 is 0 Å².